The predicted molar refractivity (Wildman–Crippen MR) is 98.2 cm³/mol. The first-order valence-corrected chi connectivity index (χ1v) is 8.17. The van der Waals surface area contributed by atoms with Gasteiger partial charge in [-0.05, 0) is 62.7 Å². The number of carbonyl (C=O) groups excluding carboxylic acids is 1. The lowest BCUT2D eigenvalue weighted by Crippen LogP contribution is -2.13. The van der Waals surface area contributed by atoms with E-state index in [0.717, 1.165) is 27.9 Å². The van der Waals surface area contributed by atoms with E-state index < -0.39 is 0 Å². The number of H-pyrrole nitrogens is 1. The average molecular weight is 343 g/mol. The number of aromatic nitrogens is 1. The molecule has 0 aliphatic heterocycles. The molecular weight excluding hydrogens is 324 g/mol. The monoisotopic (exact) mass is 342 g/mol. The molecule has 0 saturated carbocycles. The number of hydrogen-bond donors (Lipinski definition) is 2. The van der Waals surface area contributed by atoms with Gasteiger partial charge < -0.3 is 15.0 Å². The molecule has 4 nitrogen and oxygen atoms in total. The number of anilines is 1. The van der Waals surface area contributed by atoms with Gasteiger partial charge in [0.2, 0.25) is 0 Å². The van der Waals surface area contributed by atoms with E-state index in [1.54, 1.807) is 12.1 Å². The summed E-state index contributed by atoms with van der Waals surface area (Å²) in [4.78, 5) is 15.6. The molecule has 3 aromatic rings. The van der Waals surface area contributed by atoms with Crippen molar-refractivity contribution in [2.45, 2.75) is 26.9 Å². The fourth-order valence-corrected chi connectivity index (χ4v) is 2.71. The number of aromatic amines is 1. The SMILES string of the molecule is Cc1cc(OC(C)C)ccc1NC(=O)c1cc2ccc(Cl)cc2[nH]1. The van der Waals surface area contributed by atoms with Crippen LogP contribution in [0.3, 0.4) is 0 Å². The number of benzene rings is 2. The molecule has 1 amide bonds. The van der Waals surface area contributed by atoms with Crippen molar-refractivity contribution in [2.75, 3.05) is 5.32 Å². The van der Waals surface area contributed by atoms with E-state index in [9.17, 15) is 4.79 Å². The van der Waals surface area contributed by atoms with E-state index in [1.165, 1.54) is 0 Å². The zero-order chi connectivity index (χ0) is 17.3. The van der Waals surface area contributed by atoms with Gasteiger partial charge in [0, 0.05) is 21.6 Å². The number of nitrogens with one attached hydrogen (secondary N) is 2. The van der Waals surface area contributed by atoms with Gasteiger partial charge in [0.25, 0.3) is 5.91 Å². The van der Waals surface area contributed by atoms with E-state index in [1.807, 2.05) is 51.1 Å². The van der Waals surface area contributed by atoms with Crippen LogP contribution in [0.4, 0.5) is 5.69 Å². The quantitative estimate of drug-likeness (QED) is 0.687. The van der Waals surface area contributed by atoms with E-state index in [4.69, 9.17) is 16.3 Å². The Hall–Kier alpha value is -2.46. The fraction of sp³-hybridized carbons (Fsp3) is 0.211. The number of aryl methyl sites for hydroxylation is 1. The maximum absolute atomic E-state index is 12.5. The Labute approximate surface area is 145 Å². The van der Waals surface area contributed by atoms with E-state index in [-0.39, 0.29) is 12.0 Å². The molecule has 0 saturated heterocycles. The van der Waals surface area contributed by atoms with Gasteiger partial charge in [-0.25, -0.2) is 0 Å². The summed E-state index contributed by atoms with van der Waals surface area (Å²) in [7, 11) is 0. The summed E-state index contributed by atoms with van der Waals surface area (Å²) in [6.07, 6.45) is 0.114. The standard InChI is InChI=1S/C19H19ClN2O2/c1-11(2)24-15-6-7-16(12(3)8-15)22-19(23)18-9-13-4-5-14(20)10-17(13)21-18/h4-11,21H,1-3H3,(H,22,23). The molecule has 0 aliphatic carbocycles. The summed E-state index contributed by atoms with van der Waals surface area (Å²) in [5.74, 6) is 0.601. The van der Waals surface area contributed by atoms with Crippen molar-refractivity contribution in [3.8, 4) is 5.75 Å². The molecule has 124 valence electrons. The number of fused-ring (bicyclic) bond motifs is 1. The smallest absolute Gasteiger partial charge is 0.272 e. The molecule has 0 radical (unpaired) electrons. The molecule has 2 N–H and O–H groups in total. The van der Waals surface area contributed by atoms with Crippen molar-refractivity contribution in [2.24, 2.45) is 0 Å². The van der Waals surface area contributed by atoms with Crippen LogP contribution in [-0.2, 0) is 0 Å². The molecule has 3 rings (SSSR count). The third kappa shape index (κ3) is 3.54. The van der Waals surface area contributed by atoms with Crippen LogP contribution in [0.15, 0.2) is 42.5 Å². The lowest BCUT2D eigenvalue weighted by molar-refractivity contribution is 0.102. The van der Waals surface area contributed by atoms with Gasteiger partial charge in [0.05, 0.1) is 6.10 Å². The van der Waals surface area contributed by atoms with Crippen LogP contribution >= 0.6 is 11.6 Å². The predicted octanol–water partition coefficient (Wildman–Crippen LogP) is 5.17. The summed E-state index contributed by atoms with van der Waals surface area (Å²) in [5, 5.41) is 4.50. The van der Waals surface area contributed by atoms with Gasteiger partial charge in [-0.3, -0.25) is 4.79 Å². The molecule has 0 bridgehead atoms. The van der Waals surface area contributed by atoms with Crippen LogP contribution in [0.5, 0.6) is 5.75 Å². The maximum Gasteiger partial charge on any atom is 0.272 e. The lowest BCUT2D eigenvalue weighted by Gasteiger charge is -2.13. The third-order valence-electron chi connectivity index (χ3n) is 3.65. The summed E-state index contributed by atoms with van der Waals surface area (Å²) < 4.78 is 5.66. The molecule has 1 aromatic heterocycles. The van der Waals surface area contributed by atoms with Crippen molar-refractivity contribution in [3.63, 3.8) is 0 Å². The maximum atomic E-state index is 12.5. The molecule has 0 fully saturated rings. The van der Waals surface area contributed by atoms with Crippen molar-refractivity contribution in [3.05, 3.63) is 58.7 Å². The molecule has 0 unspecified atom stereocenters. The molecule has 0 atom stereocenters. The van der Waals surface area contributed by atoms with Crippen LogP contribution < -0.4 is 10.1 Å². The highest BCUT2D eigenvalue weighted by atomic mass is 35.5. The van der Waals surface area contributed by atoms with Crippen molar-refractivity contribution in [1.82, 2.24) is 4.98 Å². The van der Waals surface area contributed by atoms with E-state index in [0.29, 0.717) is 10.7 Å². The lowest BCUT2D eigenvalue weighted by atomic mass is 10.2. The van der Waals surface area contributed by atoms with Crippen molar-refractivity contribution in [1.29, 1.82) is 0 Å². The first-order valence-electron chi connectivity index (χ1n) is 7.79. The van der Waals surface area contributed by atoms with Gasteiger partial charge in [-0.2, -0.15) is 0 Å². The molecule has 2 aromatic carbocycles. The Kier molecular flexibility index (Phi) is 4.49. The van der Waals surface area contributed by atoms with Crippen LogP contribution in [0.1, 0.15) is 29.9 Å². The van der Waals surface area contributed by atoms with E-state index >= 15 is 0 Å². The molecule has 5 heteroatoms. The number of carbonyl (C=O) groups is 1. The van der Waals surface area contributed by atoms with Gasteiger partial charge in [-0.1, -0.05) is 17.7 Å². The number of halogens is 1. The van der Waals surface area contributed by atoms with Crippen LogP contribution in [0.25, 0.3) is 10.9 Å². The normalized spacial score (nSPS) is 11.0. The number of rotatable bonds is 4. The molecular formula is C19H19ClN2O2. The highest BCUT2D eigenvalue weighted by molar-refractivity contribution is 6.31. The van der Waals surface area contributed by atoms with Gasteiger partial charge in [0.1, 0.15) is 11.4 Å². The average Bonchev–Trinajstić information content (AvgIpc) is 2.92. The van der Waals surface area contributed by atoms with Crippen molar-refractivity contribution >= 4 is 34.1 Å². The van der Waals surface area contributed by atoms with Crippen LogP contribution in [0, 0.1) is 6.92 Å². The van der Waals surface area contributed by atoms with Gasteiger partial charge in [-0.15, -0.1) is 0 Å². The molecule has 1 heterocycles. The zero-order valence-corrected chi connectivity index (χ0v) is 14.6. The Morgan fingerprint density at radius 3 is 2.67 bits per heavy atom. The number of amides is 1. The van der Waals surface area contributed by atoms with Crippen LogP contribution in [0.2, 0.25) is 5.02 Å². The number of hydrogen-bond acceptors (Lipinski definition) is 2. The summed E-state index contributed by atoms with van der Waals surface area (Å²) >= 11 is 5.98. The highest BCUT2D eigenvalue weighted by Crippen LogP contribution is 2.24. The second-order valence-corrected chi connectivity index (χ2v) is 6.45. The summed E-state index contributed by atoms with van der Waals surface area (Å²) in [6.45, 7) is 5.90. The summed E-state index contributed by atoms with van der Waals surface area (Å²) in [6, 6.07) is 12.9. The first kappa shape index (κ1) is 16.4. The molecule has 0 spiro atoms. The Bertz CT molecular complexity index is 900. The zero-order valence-electron chi connectivity index (χ0n) is 13.8. The van der Waals surface area contributed by atoms with E-state index in [2.05, 4.69) is 10.3 Å². The molecule has 0 aliphatic rings. The molecule has 24 heavy (non-hydrogen) atoms. The Morgan fingerprint density at radius 2 is 1.96 bits per heavy atom. The van der Waals surface area contributed by atoms with Gasteiger partial charge in [0.15, 0.2) is 0 Å². The van der Waals surface area contributed by atoms with Crippen LogP contribution in [-0.4, -0.2) is 17.0 Å². The van der Waals surface area contributed by atoms with Crippen molar-refractivity contribution < 1.29 is 9.53 Å². The Morgan fingerprint density at radius 1 is 1.17 bits per heavy atom. The summed E-state index contributed by atoms with van der Waals surface area (Å²) in [5.41, 5.74) is 3.03. The minimum Gasteiger partial charge on any atom is -0.491 e. The fourth-order valence-electron chi connectivity index (χ4n) is 2.53. The highest BCUT2D eigenvalue weighted by Gasteiger charge is 2.12. The van der Waals surface area contributed by atoms with Gasteiger partial charge >= 0.3 is 0 Å². The second-order valence-electron chi connectivity index (χ2n) is 6.01. The topological polar surface area (TPSA) is 54.1 Å². The minimum atomic E-state index is -0.192. The second kappa shape index (κ2) is 6.57. The number of ether oxygens (including phenoxy) is 1. The largest absolute Gasteiger partial charge is 0.491 e. The third-order valence-corrected chi connectivity index (χ3v) is 3.88. The minimum absolute atomic E-state index is 0.114. The Balaban J connectivity index is 1.80. The first-order chi connectivity index (χ1) is 11.4.